The number of nitrogens with zero attached hydrogens (tertiary/aromatic N) is 1. The fraction of sp³-hybridized carbons (Fsp3) is 0.409. The molecule has 0 unspecified atom stereocenters. The molecule has 0 radical (unpaired) electrons. The summed E-state index contributed by atoms with van der Waals surface area (Å²) in [6, 6.07) is 11.5. The highest BCUT2D eigenvalue weighted by atomic mass is 32.2. The van der Waals surface area contributed by atoms with Gasteiger partial charge in [-0.05, 0) is 44.2 Å². The molecule has 0 atom stereocenters. The number of para-hydroxylation sites is 2. The number of rotatable bonds is 10. The lowest BCUT2D eigenvalue weighted by molar-refractivity contribution is -0.118. The van der Waals surface area contributed by atoms with Crippen LogP contribution in [-0.2, 0) is 19.6 Å². The van der Waals surface area contributed by atoms with E-state index in [-0.39, 0.29) is 30.3 Å². The van der Waals surface area contributed by atoms with Crippen molar-refractivity contribution in [2.45, 2.75) is 18.7 Å². The summed E-state index contributed by atoms with van der Waals surface area (Å²) in [5, 5.41) is 2.70. The molecule has 2 aromatic rings. The first-order valence-electron chi connectivity index (χ1n) is 10.4. The summed E-state index contributed by atoms with van der Waals surface area (Å²) in [7, 11) is -3.72. The molecule has 174 valence electrons. The summed E-state index contributed by atoms with van der Waals surface area (Å²) in [4.78, 5) is 12.6. The number of morpholine rings is 1. The molecule has 1 aliphatic heterocycles. The molecule has 0 saturated carbocycles. The Morgan fingerprint density at radius 3 is 2.25 bits per heavy atom. The maximum absolute atomic E-state index is 13.0. The minimum atomic E-state index is -3.72. The Morgan fingerprint density at radius 2 is 1.59 bits per heavy atom. The average molecular weight is 465 g/mol. The van der Waals surface area contributed by atoms with Crippen molar-refractivity contribution in [3.63, 3.8) is 0 Å². The van der Waals surface area contributed by atoms with Gasteiger partial charge >= 0.3 is 0 Å². The molecule has 32 heavy (non-hydrogen) atoms. The van der Waals surface area contributed by atoms with Crippen LogP contribution in [0.4, 0.5) is 5.69 Å². The van der Waals surface area contributed by atoms with Gasteiger partial charge in [0.05, 0.1) is 37.0 Å². The number of amides is 1. The van der Waals surface area contributed by atoms with E-state index in [4.69, 9.17) is 18.9 Å². The summed E-state index contributed by atoms with van der Waals surface area (Å²) in [6.07, 6.45) is 0. The Morgan fingerprint density at radius 1 is 0.969 bits per heavy atom. The lowest BCUT2D eigenvalue weighted by atomic mass is 10.3. The minimum Gasteiger partial charge on any atom is -0.492 e. The second-order valence-electron chi connectivity index (χ2n) is 6.82. The maximum Gasteiger partial charge on any atom is 0.262 e. The number of hydrogen-bond donors (Lipinski definition) is 1. The number of nitrogens with one attached hydrogen (secondary N) is 1. The van der Waals surface area contributed by atoms with Gasteiger partial charge in [-0.15, -0.1) is 0 Å². The average Bonchev–Trinajstić information content (AvgIpc) is 2.80. The summed E-state index contributed by atoms with van der Waals surface area (Å²) >= 11 is 0. The SMILES string of the molecule is CCOc1ccc(S(=O)(=O)N2CCOCC2)cc1NC(=O)COc1ccccc1OCC. The zero-order valence-corrected chi connectivity index (χ0v) is 19.0. The van der Waals surface area contributed by atoms with Gasteiger partial charge in [0.25, 0.3) is 5.91 Å². The zero-order chi connectivity index (χ0) is 23.0. The number of ether oxygens (including phenoxy) is 4. The van der Waals surface area contributed by atoms with Crippen molar-refractivity contribution in [1.29, 1.82) is 0 Å². The van der Waals surface area contributed by atoms with Crippen LogP contribution in [0, 0.1) is 0 Å². The van der Waals surface area contributed by atoms with E-state index in [0.29, 0.717) is 43.7 Å². The molecule has 1 amide bonds. The van der Waals surface area contributed by atoms with E-state index in [2.05, 4.69) is 5.32 Å². The van der Waals surface area contributed by atoms with Gasteiger partial charge in [-0.25, -0.2) is 8.42 Å². The quantitative estimate of drug-likeness (QED) is 0.576. The molecule has 9 nitrogen and oxygen atoms in total. The number of hydrogen-bond acceptors (Lipinski definition) is 7. The Balaban J connectivity index is 1.75. The van der Waals surface area contributed by atoms with Crippen molar-refractivity contribution >= 4 is 21.6 Å². The van der Waals surface area contributed by atoms with E-state index in [9.17, 15) is 13.2 Å². The Bertz CT molecular complexity index is 1020. The van der Waals surface area contributed by atoms with Gasteiger partial charge in [0.2, 0.25) is 10.0 Å². The van der Waals surface area contributed by atoms with Gasteiger partial charge < -0.3 is 24.3 Å². The highest BCUT2D eigenvalue weighted by molar-refractivity contribution is 7.89. The largest absolute Gasteiger partial charge is 0.492 e. The fourth-order valence-electron chi connectivity index (χ4n) is 3.16. The van der Waals surface area contributed by atoms with E-state index in [1.54, 1.807) is 25.1 Å². The summed E-state index contributed by atoms with van der Waals surface area (Å²) in [5.41, 5.74) is 0.257. The number of carbonyl (C=O) groups is 1. The third-order valence-corrected chi connectivity index (χ3v) is 6.54. The summed E-state index contributed by atoms with van der Waals surface area (Å²) in [5.74, 6) is 0.893. The van der Waals surface area contributed by atoms with Crippen LogP contribution in [0.5, 0.6) is 17.2 Å². The molecule has 1 fully saturated rings. The summed E-state index contributed by atoms with van der Waals surface area (Å²) < 4.78 is 49.2. The fourth-order valence-corrected chi connectivity index (χ4v) is 4.59. The van der Waals surface area contributed by atoms with Crippen molar-refractivity contribution in [3.8, 4) is 17.2 Å². The van der Waals surface area contributed by atoms with Crippen LogP contribution in [0.2, 0.25) is 0 Å². The standard InChI is InChI=1S/C22H28N2O7S/c1-3-29-19-10-9-17(32(26,27)24-11-13-28-14-12-24)15-18(19)23-22(25)16-31-21-8-6-5-7-20(21)30-4-2/h5-10,15H,3-4,11-14,16H2,1-2H3,(H,23,25). The molecule has 1 heterocycles. The van der Waals surface area contributed by atoms with Gasteiger partial charge in [0.15, 0.2) is 18.1 Å². The van der Waals surface area contributed by atoms with Crippen molar-refractivity contribution < 1.29 is 32.2 Å². The first-order chi connectivity index (χ1) is 15.5. The second-order valence-corrected chi connectivity index (χ2v) is 8.76. The highest BCUT2D eigenvalue weighted by Crippen LogP contribution is 2.30. The van der Waals surface area contributed by atoms with Gasteiger partial charge in [0.1, 0.15) is 5.75 Å². The number of benzene rings is 2. The van der Waals surface area contributed by atoms with Crippen molar-refractivity contribution in [1.82, 2.24) is 4.31 Å². The van der Waals surface area contributed by atoms with Crippen LogP contribution in [0.15, 0.2) is 47.4 Å². The van der Waals surface area contributed by atoms with Crippen LogP contribution in [0.25, 0.3) is 0 Å². The van der Waals surface area contributed by atoms with E-state index >= 15 is 0 Å². The van der Waals surface area contributed by atoms with Gasteiger partial charge in [-0.3, -0.25) is 4.79 Å². The van der Waals surface area contributed by atoms with Crippen molar-refractivity contribution in [3.05, 3.63) is 42.5 Å². The van der Waals surface area contributed by atoms with Crippen molar-refractivity contribution in [2.75, 3.05) is 51.4 Å². The monoisotopic (exact) mass is 464 g/mol. The second kappa shape index (κ2) is 11.2. The molecular formula is C22H28N2O7S. The topological polar surface area (TPSA) is 103 Å². The predicted octanol–water partition coefficient (Wildman–Crippen LogP) is 2.52. The third kappa shape index (κ3) is 5.90. The van der Waals surface area contributed by atoms with Gasteiger partial charge in [0, 0.05) is 13.1 Å². The first-order valence-corrected chi connectivity index (χ1v) is 11.9. The molecule has 0 spiro atoms. The van der Waals surface area contributed by atoms with Crippen molar-refractivity contribution in [2.24, 2.45) is 0 Å². The van der Waals surface area contributed by atoms with Crippen LogP contribution in [0.1, 0.15) is 13.8 Å². The normalized spacial score (nSPS) is 14.6. The van der Waals surface area contributed by atoms with Gasteiger partial charge in [-0.1, -0.05) is 12.1 Å². The molecule has 1 aliphatic rings. The first kappa shape index (κ1) is 23.8. The molecular weight excluding hydrogens is 436 g/mol. The molecule has 3 rings (SSSR count). The lowest BCUT2D eigenvalue weighted by Gasteiger charge is -2.26. The molecule has 1 N–H and O–H groups in total. The highest BCUT2D eigenvalue weighted by Gasteiger charge is 2.27. The van der Waals surface area contributed by atoms with Gasteiger partial charge in [-0.2, -0.15) is 4.31 Å². The third-order valence-electron chi connectivity index (χ3n) is 4.64. The van der Waals surface area contributed by atoms with Crippen LogP contribution < -0.4 is 19.5 Å². The van der Waals surface area contributed by atoms with E-state index in [0.717, 1.165) is 0 Å². The molecule has 2 aromatic carbocycles. The number of anilines is 1. The lowest BCUT2D eigenvalue weighted by Crippen LogP contribution is -2.40. The minimum absolute atomic E-state index is 0.0702. The Labute approximate surface area is 188 Å². The number of sulfonamides is 1. The molecule has 0 aromatic heterocycles. The Hall–Kier alpha value is -2.82. The smallest absolute Gasteiger partial charge is 0.262 e. The number of carbonyl (C=O) groups excluding carboxylic acids is 1. The maximum atomic E-state index is 13.0. The zero-order valence-electron chi connectivity index (χ0n) is 18.2. The molecule has 1 saturated heterocycles. The van der Waals surface area contributed by atoms with E-state index in [1.165, 1.54) is 22.5 Å². The van der Waals surface area contributed by atoms with E-state index < -0.39 is 15.9 Å². The van der Waals surface area contributed by atoms with E-state index in [1.807, 2.05) is 13.0 Å². The Kier molecular flexibility index (Phi) is 8.32. The molecule has 0 aliphatic carbocycles. The van der Waals surface area contributed by atoms with Crippen LogP contribution in [-0.4, -0.2) is 64.8 Å². The molecule has 10 heteroatoms. The summed E-state index contributed by atoms with van der Waals surface area (Å²) in [6.45, 7) is 5.46. The molecule has 0 bridgehead atoms. The predicted molar refractivity (Wildman–Crippen MR) is 119 cm³/mol. The van der Waals surface area contributed by atoms with Crippen LogP contribution >= 0.6 is 0 Å². The van der Waals surface area contributed by atoms with Crippen LogP contribution in [0.3, 0.4) is 0 Å².